The molecule has 1 heterocycles. The molecule has 0 radical (unpaired) electrons. The number of nitrogens with one attached hydrogen (secondary N) is 1. The van der Waals surface area contributed by atoms with Crippen LogP contribution in [0.5, 0.6) is 0 Å². The normalized spacial score (nSPS) is 30.3. The number of carbonyl (C=O) groups excluding carboxylic acids is 1. The van der Waals surface area contributed by atoms with Gasteiger partial charge in [0.05, 0.1) is 0 Å². The molecule has 0 aliphatic carbocycles. The predicted molar refractivity (Wildman–Crippen MR) is 45.4 cm³/mol. The molecule has 11 heavy (non-hydrogen) atoms. The van der Waals surface area contributed by atoms with Gasteiger partial charge in [0.25, 0.3) is 0 Å². The zero-order valence-electron chi connectivity index (χ0n) is 6.97. The lowest BCUT2D eigenvalue weighted by atomic mass is 9.95. The highest BCUT2D eigenvalue weighted by Crippen LogP contribution is 2.17. The maximum Gasteiger partial charge on any atom is 0.141 e. The first-order chi connectivity index (χ1) is 5.25. The molecule has 1 fully saturated rings. The highest BCUT2D eigenvalue weighted by Gasteiger charge is 2.27. The number of rotatable bonds is 3. The lowest BCUT2D eigenvalue weighted by Crippen LogP contribution is -2.27. The smallest absolute Gasteiger partial charge is 0.141 e. The summed E-state index contributed by atoms with van der Waals surface area (Å²) < 4.78 is 0. The number of ketones is 1. The molecule has 0 saturated carbocycles. The Labute approximate surface area is 67.7 Å². The zero-order chi connectivity index (χ0) is 8.27. The number of Topliss-reactive ketones (excluding diaryl/α,β-unsaturated/α-hetero) is 1. The minimum Gasteiger partial charge on any atom is -0.314 e. The van der Waals surface area contributed by atoms with E-state index in [1.54, 1.807) is 6.08 Å². The van der Waals surface area contributed by atoms with E-state index in [-0.39, 0.29) is 5.92 Å². The van der Waals surface area contributed by atoms with Crippen LogP contribution in [0.15, 0.2) is 12.7 Å². The van der Waals surface area contributed by atoms with E-state index in [0.29, 0.717) is 18.2 Å². The fraction of sp³-hybridized carbons (Fsp3) is 0.667. The topological polar surface area (TPSA) is 29.1 Å². The molecule has 62 valence electrons. The predicted octanol–water partition coefficient (Wildman–Crippen LogP) is 1.13. The minimum absolute atomic E-state index is 0.230. The Morgan fingerprint density at radius 3 is 3.00 bits per heavy atom. The highest BCUT2D eigenvalue weighted by atomic mass is 16.1. The van der Waals surface area contributed by atoms with Crippen LogP contribution >= 0.6 is 0 Å². The molecular weight excluding hydrogens is 138 g/mol. The van der Waals surface area contributed by atoms with Gasteiger partial charge in [-0.1, -0.05) is 6.08 Å². The minimum atomic E-state index is 0.230. The molecule has 1 aliphatic rings. The van der Waals surface area contributed by atoms with E-state index in [2.05, 4.69) is 18.8 Å². The van der Waals surface area contributed by atoms with Crippen LogP contribution in [0, 0.1) is 5.92 Å². The van der Waals surface area contributed by atoms with Gasteiger partial charge in [-0.05, 0) is 19.9 Å². The van der Waals surface area contributed by atoms with Gasteiger partial charge in [0.2, 0.25) is 0 Å². The van der Waals surface area contributed by atoms with Crippen LogP contribution in [0.25, 0.3) is 0 Å². The lowest BCUT2D eigenvalue weighted by Gasteiger charge is -2.11. The summed E-state index contributed by atoms with van der Waals surface area (Å²) >= 11 is 0. The van der Waals surface area contributed by atoms with Crippen LogP contribution < -0.4 is 5.32 Å². The molecule has 0 bridgehead atoms. The van der Waals surface area contributed by atoms with Gasteiger partial charge < -0.3 is 5.32 Å². The van der Waals surface area contributed by atoms with Crippen molar-refractivity contribution in [2.45, 2.75) is 25.8 Å². The molecule has 0 aromatic carbocycles. The molecule has 0 aromatic rings. The van der Waals surface area contributed by atoms with Crippen LogP contribution in [-0.2, 0) is 4.79 Å². The second kappa shape index (κ2) is 3.67. The first-order valence-corrected chi connectivity index (χ1v) is 4.12. The molecule has 0 aromatic heterocycles. The molecule has 2 atom stereocenters. The van der Waals surface area contributed by atoms with Crippen LogP contribution in [0.2, 0.25) is 0 Å². The molecule has 1 N–H and O–H groups in total. The second-order valence-corrected chi connectivity index (χ2v) is 3.10. The third-order valence-corrected chi connectivity index (χ3v) is 2.28. The SMILES string of the molecule is C=CCC(=O)C1CCNC1C. The lowest BCUT2D eigenvalue weighted by molar-refractivity contribution is -0.122. The van der Waals surface area contributed by atoms with Gasteiger partial charge in [0.1, 0.15) is 5.78 Å². The summed E-state index contributed by atoms with van der Waals surface area (Å²) in [6.07, 6.45) is 3.21. The molecular formula is C9H15NO. The molecule has 2 unspecified atom stereocenters. The van der Waals surface area contributed by atoms with Crippen LogP contribution in [0.3, 0.4) is 0 Å². The Kier molecular flexibility index (Phi) is 2.83. The van der Waals surface area contributed by atoms with E-state index in [4.69, 9.17) is 0 Å². The molecule has 2 heteroatoms. The van der Waals surface area contributed by atoms with Crippen LogP contribution in [0.4, 0.5) is 0 Å². The van der Waals surface area contributed by atoms with E-state index < -0.39 is 0 Å². The standard InChI is InChI=1S/C9H15NO/c1-3-4-9(11)8-5-6-10-7(8)2/h3,7-8,10H,1,4-6H2,2H3. The summed E-state index contributed by atoms with van der Waals surface area (Å²) in [4.78, 5) is 11.3. The molecule has 1 saturated heterocycles. The van der Waals surface area contributed by atoms with Crippen molar-refractivity contribution in [2.75, 3.05) is 6.54 Å². The van der Waals surface area contributed by atoms with Gasteiger partial charge in [-0.25, -0.2) is 0 Å². The van der Waals surface area contributed by atoms with Crippen molar-refractivity contribution >= 4 is 5.78 Å². The fourth-order valence-corrected chi connectivity index (χ4v) is 1.59. The number of hydrogen-bond donors (Lipinski definition) is 1. The van der Waals surface area contributed by atoms with Crippen molar-refractivity contribution in [2.24, 2.45) is 5.92 Å². The van der Waals surface area contributed by atoms with Gasteiger partial charge in [-0.15, -0.1) is 6.58 Å². The summed E-state index contributed by atoms with van der Waals surface area (Å²) in [7, 11) is 0. The average Bonchev–Trinajstić information content (AvgIpc) is 2.36. The van der Waals surface area contributed by atoms with Crippen molar-refractivity contribution in [3.63, 3.8) is 0 Å². The van der Waals surface area contributed by atoms with E-state index in [9.17, 15) is 4.79 Å². The number of hydrogen-bond acceptors (Lipinski definition) is 2. The third kappa shape index (κ3) is 1.90. The van der Waals surface area contributed by atoms with Gasteiger partial charge in [0.15, 0.2) is 0 Å². The average molecular weight is 153 g/mol. The molecule has 2 nitrogen and oxygen atoms in total. The zero-order valence-corrected chi connectivity index (χ0v) is 6.97. The van der Waals surface area contributed by atoms with E-state index >= 15 is 0 Å². The maximum absolute atomic E-state index is 11.3. The Bertz CT molecular complexity index is 165. The van der Waals surface area contributed by atoms with Crippen molar-refractivity contribution in [1.82, 2.24) is 5.32 Å². The monoisotopic (exact) mass is 153 g/mol. The number of carbonyl (C=O) groups is 1. The molecule has 0 amide bonds. The van der Waals surface area contributed by atoms with Crippen molar-refractivity contribution < 1.29 is 4.79 Å². The third-order valence-electron chi connectivity index (χ3n) is 2.28. The Balaban J connectivity index is 2.45. The van der Waals surface area contributed by atoms with Gasteiger partial charge in [0, 0.05) is 18.4 Å². The molecule has 1 aliphatic heterocycles. The summed E-state index contributed by atoms with van der Waals surface area (Å²) in [5, 5.41) is 3.25. The van der Waals surface area contributed by atoms with Crippen molar-refractivity contribution in [1.29, 1.82) is 0 Å². The van der Waals surface area contributed by atoms with E-state index in [1.165, 1.54) is 0 Å². The van der Waals surface area contributed by atoms with Crippen molar-refractivity contribution in [3.8, 4) is 0 Å². The maximum atomic E-state index is 11.3. The van der Waals surface area contributed by atoms with E-state index in [1.807, 2.05) is 0 Å². The first kappa shape index (κ1) is 8.47. The van der Waals surface area contributed by atoms with Crippen LogP contribution in [0.1, 0.15) is 19.8 Å². The molecule has 1 rings (SSSR count). The van der Waals surface area contributed by atoms with Crippen molar-refractivity contribution in [3.05, 3.63) is 12.7 Å². The van der Waals surface area contributed by atoms with Gasteiger partial charge in [-0.2, -0.15) is 0 Å². The Morgan fingerprint density at radius 1 is 1.82 bits per heavy atom. The fourth-order valence-electron chi connectivity index (χ4n) is 1.59. The largest absolute Gasteiger partial charge is 0.314 e. The Morgan fingerprint density at radius 2 is 2.55 bits per heavy atom. The summed E-state index contributed by atoms with van der Waals surface area (Å²) in [5.41, 5.74) is 0. The Hall–Kier alpha value is -0.630. The first-order valence-electron chi connectivity index (χ1n) is 4.12. The summed E-state index contributed by atoms with van der Waals surface area (Å²) in [5.74, 6) is 0.561. The quantitative estimate of drug-likeness (QED) is 0.616. The second-order valence-electron chi connectivity index (χ2n) is 3.10. The molecule has 0 spiro atoms. The summed E-state index contributed by atoms with van der Waals surface area (Å²) in [6, 6.07) is 0.363. The van der Waals surface area contributed by atoms with Gasteiger partial charge in [-0.3, -0.25) is 4.79 Å². The highest BCUT2D eigenvalue weighted by molar-refractivity contribution is 5.83. The summed E-state index contributed by atoms with van der Waals surface area (Å²) in [6.45, 7) is 6.60. The van der Waals surface area contributed by atoms with E-state index in [0.717, 1.165) is 13.0 Å². The van der Waals surface area contributed by atoms with Gasteiger partial charge >= 0.3 is 0 Å². The number of allylic oxidation sites excluding steroid dienone is 1. The van der Waals surface area contributed by atoms with Crippen LogP contribution in [-0.4, -0.2) is 18.4 Å².